The summed E-state index contributed by atoms with van der Waals surface area (Å²) in [5.41, 5.74) is 0.655. The van der Waals surface area contributed by atoms with Crippen LogP contribution >= 0.6 is 11.8 Å². The maximum atomic E-state index is 13.3. The highest BCUT2D eigenvalue weighted by Gasteiger charge is 2.29. The fourth-order valence-corrected chi connectivity index (χ4v) is 3.37. The van der Waals surface area contributed by atoms with Crippen LogP contribution in [0, 0.1) is 5.82 Å². The van der Waals surface area contributed by atoms with Crippen molar-refractivity contribution in [3.05, 3.63) is 48.0 Å². The van der Waals surface area contributed by atoms with Crippen LogP contribution in [0.25, 0.3) is 11.3 Å². The monoisotopic (exact) mass is 346 g/mol. The third kappa shape index (κ3) is 3.07. The number of rotatable bonds is 6. The Bertz CT molecular complexity index is 859. The quantitative estimate of drug-likeness (QED) is 0.691. The van der Waals surface area contributed by atoms with Gasteiger partial charge in [0.1, 0.15) is 12.4 Å². The van der Waals surface area contributed by atoms with Gasteiger partial charge in [-0.1, -0.05) is 23.9 Å². The molecule has 1 fully saturated rings. The lowest BCUT2D eigenvalue weighted by Crippen LogP contribution is -2.02. The lowest BCUT2D eigenvalue weighted by Gasteiger charge is -2.05. The fourth-order valence-electron chi connectivity index (χ4n) is 2.49. The van der Waals surface area contributed by atoms with Gasteiger partial charge in [-0.2, -0.15) is 0 Å². The number of oxazole rings is 1. The van der Waals surface area contributed by atoms with Gasteiger partial charge in [0.2, 0.25) is 5.89 Å². The molecule has 1 saturated carbocycles. The summed E-state index contributed by atoms with van der Waals surface area (Å²) < 4.78 is 21.0. The highest BCUT2D eigenvalue weighted by atomic mass is 32.2. The Balaban J connectivity index is 1.48. The smallest absolute Gasteiger partial charge is 0.205 e. The van der Waals surface area contributed by atoms with Gasteiger partial charge in [-0.3, -0.25) is 0 Å². The molecule has 0 bridgehead atoms. The molecule has 4 rings (SSSR count). The molecule has 0 unspecified atom stereocenters. The first-order valence-electron chi connectivity index (χ1n) is 7.62. The van der Waals surface area contributed by atoms with E-state index in [1.54, 1.807) is 18.3 Å². The van der Waals surface area contributed by atoms with Crippen molar-refractivity contribution in [1.29, 1.82) is 0 Å². The van der Waals surface area contributed by atoms with Gasteiger partial charge in [-0.15, -0.1) is 10.2 Å². The Labute approximate surface area is 141 Å². The van der Waals surface area contributed by atoms with Crippen LogP contribution in [0.5, 0.6) is 0 Å². The minimum Gasteiger partial charge on any atom is -0.440 e. The number of thioether (sulfide) groups is 1. The van der Waals surface area contributed by atoms with E-state index in [2.05, 4.69) is 15.2 Å². The molecule has 0 radical (unpaired) electrons. The van der Waals surface area contributed by atoms with Gasteiger partial charge >= 0.3 is 0 Å². The van der Waals surface area contributed by atoms with Crippen LogP contribution in [0.2, 0.25) is 0 Å². The van der Waals surface area contributed by atoms with Gasteiger partial charge in [0.25, 0.3) is 0 Å². The summed E-state index contributed by atoms with van der Waals surface area (Å²) in [6, 6.07) is 6.60. The summed E-state index contributed by atoms with van der Waals surface area (Å²) >= 11 is 1.46. The number of nitrogens with zero attached hydrogens (tertiary/aromatic N) is 4. The normalized spacial score (nSPS) is 14.2. The number of benzene rings is 1. The predicted octanol–water partition coefficient (Wildman–Crippen LogP) is 3.19. The van der Waals surface area contributed by atoms with Gasteiger partial charge in [0, 0.05) is 11.6 Å². The van der Waals surface area contributed by atoms with Crippen molar-refractivity contribution in [2.75, 3.05) is 0 Å². The summed E-state index contributed by atoms with van der Waals surface area (Å²) in [4.78, 5) is 4.24. The van der Waals surface area contributed by atoms with E-state index in [9.17, 15) is 9.50 Å². The van der Waals surface area contributed by atoms with E-state index < -0.39 is 0 Å². The lowest BCUT2D eigenvalue weighted by molar-refractivity contribution is 0.263. The summed E-state index contributed by atoms with van der Waals surface area (Å²) in [5.74, 6) is 1.84. The molecule has 8 heteroatoms. The van der Waals surface area contributed by atoms with Gasteiger partial charge in [-0.05, 0) is 25.0 Å². The molecular weight excluding hydrogens is 331 g/mol. The van der Waals surface area contributed by atoms with E-state index in [1.807, 2.05) is 4.57 Å². The summed E-state index contributed by atoms with van der Waals surface area (Å²) in [6.45, 7) is -0.118. The maximum Gasteiger partial charge on any atom is 0.205 e. The summed E-state index contributed by atoms with van der Waals surface area (Å²) in [6.07, 6.45) is 3.76. The molecule has 0 saturated heterocycles. The van der Waals surface area contributed by atoms with Crippen LogP contribution in [-0.2, 0) is 12.4 Å². The number of aromatic nitrogens is 4. The molecule has 1 aromatic carbocycles. The van der Waals surface area contributed by atoms with Crippen molar-refractivity contribution in [3.63, 3.8) is 0 Å². The van der Waals surface area contributed by atoms with Gasteiger partial charge < -0.3 is 14.1 Å². The highest BCUT2D eigenvalue weighted by Crippen LogP contribution is 2.39. The van der Waals surface area contributed by atoms with Crippen LogP contribution in [0.15, 0.2) is 40.0 Å². The van der Waals surface area contributed by atoms with E-state index in [0.717, 1.165) is 18.0 Å². The van der Waals surface area contributed by atoms with Crippen LogP contribution in [0.1, 0.15) is 30.6 Å². The van der Waals surface area contributed by atoms with Crippen LogP contribution in [0.4, 0.5) is 4.39 Å². The Morgan fingerprint density at radius 2 is 2.21 bits per heavy atom. The fraction of sp³-hybridized carbons (Fsp3) is 0.312. The van der Waals surface area contributed by atoms with E-state index in [4.69, 9.17) is 4.42 Å². The summed E-state index contributed by atoms with van der Waals surface area (Å²) in [5, 5.41) is 18.3. The largest absolute Gasteiger partial charge is 0.440 e. The second kappa shape index (κ2) is 6.37. The molecule has 124 valence electrons. The molecule has 2 aromatic heterocycles. The Kier molecular flexibility index (Phi) is 4.07. The minimum absolute atomic E-state index is 0.118. The van der Waals surface area contributed by atoms with Crippen molar-refractivity contribution in [2.45, 2.75) is 36.4 Å². The third-order valence-electron chi connectivity index (χ3n) is 3.78. The topological polar surface area (TPSA) is 77.0 Å². The van der Waals surface area contributed by atoms with Crippen LogP contribution in [-0.4, -0.2) is 24.9 Å². The van der Waals surface area contributed by atoms with Crippen molar-refractivity contribution < 1.29 is 13.9 Å². The Hall–Kier alpha value is -2.19. The molecule has 1 aliphatic carbocycles. The molecule has 1 N–H and O–H groups in total. The number of hydrogen-bond acceptors (Lipinski definition) is 6. The Morgan fingerprint density at radius 3 is 2.96 bits per heavy atom. The number of halogens is 1. The molecular formula is C16H15FN4O2S. The van der Waals surface area contributed by atoms with Crippen LogP contribution in [0.3, 0.4) is 0 Å². The van der Waals surface area contributed by atoms with E-state index in [1.165, 1.54) is 23.9 Å². The number of aliphatic hydroxyl groups excluding tert-OH is 1. The third-order valence-corrected chi connectivity index (χ3v) is 4.70. The molecule has 3 aromatic rings. The zero-order chi connectivity index (χ0) is 16.5. The summed E-state index contributed by atoms with van der Waals surface area (Å²) in [7, 11) is 0. The second-order valence-corrected chi connectivity index (χ2v) is 6.52. The van der Waals surface area contributed by atoms with Crippen LogP contribution < -0.4 is 0 Å². The molecule has 0 aliphatic heterocycles. The Morgan fingerprint density at radius 1 is 1.33 bits per heavy atom. The standard InChI is InChI=1S/C16H15FN4O2S/c17-11-3-1-2-10(6-11)13-7-18-15(23-13)9-24-16-20-19-14(8-22)21(16)12-4-5-12/h1-3,6-7,12,22H,4-5,8-9H2. The molecule has 6 nitrogen and oxygen atoms in total. The van der Waals surface area contributed by atoms with E-state index >= 15 is 0 Å². The molecule has 24 heavy (non-hydrogen) atoms. The van der Waals surface area contributed by atoms with Gasteiger partial charge in [0.15, 0.2) is 16.7 Å². The average molecular weight is 346 g/mol. The zero-order valence-electron chi connectivity index (χ0n) is 12.7. The van der Waals surface area contributed by atoms with Gasteiger partial charge in [-0.25, -0.2) is 9.37 Å². The lowest BCUT2D eigenvalue weighted by atomic mass is 10.2. The first-order valence-corrected chi connectivity index (χ1v) is 8.61. The van der Waals surface area contributed by atoms with Gasteiger partial charge in [0.05, 0.1) is 11.9 Å². The average Bonchev–Trinajstić information content (AvgIpc) is 3.17. The maximum absolute atomic E-state index is 13.3. The minimum atomic E-state index is -0.311. The molecule has 1 aliphatic rings. The van der Waals surface area contributed by atoms with Crippen molar-refractivity contribution in [1.82, 2.24) is 19.7 Å². The molecule has 0 spiro atoms. The van der Waals surface area contributed by atoms with Crippen molar-refractivity contribution >= 4 is 11.8 Å². The first kappa shape index (κ1) is 15.3. The first-order chi connectivity index (χ1) is 11.7. The van der Waals surface area contributed by atoms with E-state index in [-0.39, 0.29) is 12.4 Å². The number of aliphatic hydroxyl groups is 1. The molecule has 0 atom stereocenters. The molecule has 0 amide bonds. The molecule has 2 heterocycles. The second-order valence-electron chi connectivity index (χ2n) is 5.58. The highest BCUT2D eigenvalue weighted by molar-refractivity contribution is 7.98. The van der Waals surface area contributed by atoms with Crippen molar-refractivity contribution in [2.24, 2.45) is 0 Å². The van der Waals surface area contributed by atoms with Crippen molar-refractivity contribution in [3.8, 4) is 11.3 Å². The SMILES string of the molecule is OCc1nnc(SCc2ncc(-c3cccc(F)c3)o2)n1C1CC1. The van der Waals surface area contributed by atoms with E-state index in [0.29, 0.717) is 34.8 Å². The predicted molar refractivity (Wildman–Crippen MR) is 85.7 cm³/mol. The number of hydrogen-bond donors (Lipinski definition) is 1. The zero-order valence-corrected chi connectivity index (χ0v) is 13.5.